The van der Waals surface area contributed by atoms with Crippen molar-refractivity contribution >= 4 is 129 Å². The lowest BCUT2D eigenvalue weighted by molar-refractivity contribution is 0.185. The monoisotopic (exact) mass is 840 g/mol. The first-order chi connectivity index (χ1) is 30.5. The van der Waals surface area contributed by atoms with E-state index in [0.29, 0.717) is 0 Å². The van der Waals surface area contributed by atoms with E-state index < -0.39 is 0 Å². The van der Waals surface area contributed by atoms with Crippen LogP contribution < -0.4 is 0 Å². The highest BCUT2D eigenvalue weighted by molar-refractivity contribution is 6.60. The summed E-state index contributed by atoms with van der Waals surface area (Å²) in [5.74, 6) is 0. The topological polar surface area (TPSA) is 0 Å². The van der Waals surface area contributed by atoms with Crippen molar-refractivity contribution in [2.75, 3.05) is 0 Å². The van der Waals surface area contributed by atoms with Gasteiger partial charge >= 0.3 is 0 Å². The van der Waals surface area contributed by atoms with Gasteiger partial charge in [-0.3, -0.25) is 0 Å². The minimum atomic E-state index is -0.0775. The molecule has 0 heteroatoms. The van der Waals surface area contributed by atoms with Crippen molar-refractivity contribution in [2.24, 2.45) is 0 Å². The van der Waals surface area contributed by atoms with E-state index in [1.807, 2.05) is 0 Å². The van der Waals surface area contributed by atoms with Crippen LogP contribution in [0.15, 0.2) is 0 Å². The van der Waals surface area contributed by atoms with Gasteiger partial charge in [0.25, 0.3) is 0 Å². The van der Waals surface area contributed by atoms with E-state index in [-0.39, 0.29) is 16.2 Å². The van der Waals surface area contributed by atoms with Crippen LogP contribution in [0.5, 0.6) is 0 Å². The second-order valence-corrected chi connectivity index (χ2v) is 23.9. The van der Waals surface area contributed by atoms with Crippen molar-refractivity contribution in [3.63, 3.8) is 0 Å². The third-order valence-corrected chi connectivity index (χ3v) is 22.0. The predicted molar refractivity (Wildman–Crippen MR) is 288 cm³/mol. The third-order valence-electron chi connectivity index (χ3n) is 22.0. The number of benzene rings is 13. The molecule has 0 N–H and O–H groups in total. The van der Waals surface area contributed by atoms with Crippen LogP contribution in [0.1, 0.15) is 135 Å². The zero-order valence-corrected chi connectivity index (χ0v) is 42.5. The molecule has 0 saturated heterocycles. The van der Waals surface area contributed by atoms with E-state index in [0.717, 1.165) is 0 Å². The van der Waals surface area contributed by atoms with Gasteiger partial charge < -0.3 is 0 Å². The average Bonchev–Trinajstić information content (AvgIpc) is 3.58. The predicted octanol–water partition coefficient (Wildman–Crippen LogP) is 18.6. The maximum absolute atomic E-state index is 2.67. The van der Waals surface area contributed by atoms with E-state index >= 15 is 0 Å². The Morgan fingerprint density at radius 3 is 0.615 bits per heavy atom. The van der Waals surface area contributed by atoms with Gasteiger partial charge in [0.05, 0.1) is 0 Å². The highest BCUT2D eigenvalue weighted by Crippen LogP contribution is 2.73. The molecule has 13 aromatic carbocycles. The molecule has 13 aromatic rings. The van der Waals surface area contributed by atoms with E-state index in [9.17, 15) is 0 Å². The average molecular weight is 841 g/mol. The summed E-state index contributed by atoms with van der Waals surface area (Å²) >= 11 is 0. The molecule has 0 amide bonds. The Balaban J connectivity index is 1.48. The lowest BCUT2D eigenvalue weighted by Gasteiger charge is -2.49. The summed E-state index contributed by atoms with van der Waals surface area (Å²) in [7, 11) is 0. The second-order valence-electron chi connectivity index (χ2n) is 23.9. The zero-order valence-electron chi connectivity index (χ0n) is 42.5. The number of fused-ring (bicyclic) bond motifs is 4. The number of rotatable bonds is 0. The van der Waals surface area contributed by atoms with Gasteiger partial charge in [0.15, 0.2) is 0 Å². The Morgan fingerprint density at radius 2 is 0.338 bits per heavy atom. The molecule has 0 fully saturated rings. The van der Waals surface area contributed by atoms with Gasteiger partial charge in [-0.15, -0.1) is 0 Å². The highest BCUT2D eigenvalue weighted by Gasteiger charge is 2.64. The maximum atomic E-state index is 2.67. The van der Waals surface area contributed by atoms with E-state index in [1.54, 1.807) is 59.8 Å². The van der Waals surface area contributed by atoms with Crippen LogP contribution in [0.3, 0.4) is 0 Å². The van der Waals surface area contributed by atoms with Crippen molar-refractivity contribution in [2.45, 2.75) is 155 Å². The van der Waals surface area contributed by atoms with Gasteiger partial charge in [-0.2, -0.15) is 0 Å². The lowest BCUT2D eigenvalue weighted by Crippen LogP contribution is -2.50. The molecule has 320 valence electrons. The molecule has 0 bridgehead atoms. The molecule has 0 heterocycles. The minimum absolute atomic E-state index is 0.0697. The molecule has 2 aliphatic rings. The molecule has 0 unspecified atom stereocenters. The van der Waals surface area contributed by atoms with Gasteiger partial charge in [-0.1, -0.05) is 34.6 Å². The van der Waals surface area contributed by atoms with Crippen LogP contribution >= 0.6 is 0 Å². The second kappa shape index (κ2) is 10.1. The van der Waals surface area contributed by atoms with Gasteiger partial charge in [0.2, 0.25) is 0 Å². The van der Waals surface area contributed by atoms with Crippen molar-refractivity contribution in [1.82, 2.24) is 0 Å². The van der Waals surface area contributed by atoms with Crippen LogP contribution in [0.25, 0.3) is 129 Å². The maximum Gasteiger partial charge on any atom is 0.0121 e. The molecule has 0 radical (unpaired) electrons. The summed E-state index contributed by atoms with van der Waals surface area (Å²) in [4.78, 5) is 0. The summed E-state index contributed by atoms with van der Waals surface area (Å²) in [6.45, 7) is 50.2. The molecular weight excluding hydrogens is 781 g/mol. The van der Waals surface area contributed by atoms with Crippen LogP contribution in [0.4, 0.5) is 0 Å². The van der Waals surface area contributed by atoms with Crippen molar-refractivity contribution in [3.8, 4) is 0 Å². The minimum Gasteiger partial charge on any atom is -0.0549 e. The number of aryl methyl sites for hydroxylation is 11. The smallest absolute Gasteiger partial charge is 0.0121 e. The van der Waals surface area contributed by atoms with Gasteiger partial charge in [-0.05, 0) is 333 Å². The zero-order chi connectivity index (χ0) is 45.7. The molecule has 0 aliphatic heterocycles. The quantitative estimate of drug-likeness (QED) is 0.105. The van der Waals surface area contributed by atoms with E-state index in [1.165, 1.54) is 170 Å². The van der Waals surface area contributed by atoms with Gasteiger partial charge in [0, 0.05) is 16.2 Å². The molecule has 0 aromatic heterocycles. The lowest BCUT2D eigenvalue weighted by atomic mass is 9.53. The fraction of sp³-hybridized carbons (Fsp3) is 0.354. The van der Waals surface area contributed by atoms with Gasteiger partial charge in [-0.25, -0.2) is 0 Å². The van der Waals surface area contributed by atoms with E-state index in [4.69, 9.17) is 0 Å². The number of hydrogen-bond donors (Lipinski definition) is 0. The first kappa shape index (κ1) is 37.7. The normalized spacial score (nSPS) is 17.0. The summed E-state index contributed by atoms with van der Waals surface area (Å²) in [5.41, 5.74) is 26.7. The molecule has 0 atom stereocenters. The van der Waals surface area contributed by atoms with Crippen LogP contribution in [-0.2, 0) is 16.2 Å². The fourth-order valence-electron chi connectivity index (χ4n) is 18.0. The third kappa shape index (κ3) is 3.08. The molecule has 0 saturated carbocycles. The Labute approximate surface area is 382 Å². The molecule has 15 rings (SSSR count). The summed E-state index contributed by atoms with van der Waals surface area (Å²) in [5, 5.41) is 36.8. The van der Waals surface area contributed by atoms with E-state index in [2.05, 4.69) is 138 Å². The van der Waals surface area contributed by atoms with Crippen molar-refractivity contribution in [3.05, 3.63) is 100 Å². The molecule has 2 aliphatic carbocycles. The Bertz CT molecular complexity index is 4310. The first-order valence-corrected chi connectivity index (χ1v) is 24.8. The van der Waals surface area contributed by atoms with Crippen molar-refractivity contribution in [1.29, 1.82) is 0 Å². The summed E-state index contributed by atoms with van der Waals surface area (Å²) < 4.78 is 0. The molecule has 65 heavy (non-hydrogen) atoms. The Kier molecular flexibility index (Phi) is 5.86. The van der Waals surface area contributed by atoms with Crippen molar-refractivity contribution < 1.29 is 0 Å². The molecule has 0 spiro atoms. The SMILES string of the molecule is Cc1c(C)c2c(C)c3c(C)c(C)c(C)c4c5c(C)c(C)c6c7c(C)c(C)c8c9c%10c%11c(c(C)c(C)c%12c%13c(C)c(C)c%14c(c1C)c2c(c34)c1c%14c%13c(c6c51)c(c%11%12)c97)C(C)(C)C%10(C)C8(C)C. The Hall–Kier alpha value is -5.46. The van der Waals surface area contributed by atoms with Crippen LogP contribution in [0, 0.1) is 104 Å². The van der Waals surface area contributed by atoms with Crippen LogP contribution in [0.2, 0.25) is 0 Å². The molecular formula is C65H60. The summed E-state index contributed by atoms with van der Waals surface area (Å²) in [6, 6.07) is 0. The fourth-order valence-corrected chi connectivity index (χ4v) is 18.0. The highest BCUT2D eigenvalue weighted by atomic mass is 14.7. The number of hydrogen-bond acceptors (Lipinski definition) is 0. The standard InChI is InChI=1S/C65H60/c1-21-23(3)36-35(15)37-24(4)22(2)26(6)39-41-28(8)30(10)43-45-32(12)34(14)61-59-53(45)57-52-44(31(11)33(13)60-58(52)62(59)65(20,63(60,16)17)64(61,18)19)42-29(9)27(7)40-38(25(21)5)46(36)54(47(37)39)55-48(40)50(42)56(57)51(43)49(41)55/h1-20H3. The van der Waals surface area contributed by atoms with Crippen LogP contribution in [-0.4, -0.2) is 0 Å². The summed E-state index contributed by atoms with van der Waals surface area (Å²) in [6.07, 6.45) is 0. The largest absolute Gasteiger partial charge is 0.0549 e. The Morgan fingerprint density at radius 1 is 0.154 bits per heavy atom. The van der Waals surface area contributed by atoms with Gasteiger partial charge in [0.1, 0.15) is 0 Å². The first-order valence-electron chi connectivity index (χ1n) is 24.8. The molecule has 0 nitrogen and oxygen atoms in total.